The summed E-state index contributed by atoms with van der Waals surface area (Å²) in [5, 5.41) is 4.97. The predicted octanol–water partition coefficient (Wildman–Crippen LogP) is 3.64. The van der Waals surface area contributed by atoms with Crippen molar-refractivity contribution < 1.29 is 18.0 Å². The second-order valence-corrected chi connectivity index (χ2v) is 4.47. The third kappa shape index (κ3) is 3.29. The van der Waals surface area contributed by atoms with Crippen LogP contribution in [0.1, 0.15) is 18.4 Å². The average molecular weight is 279 g/mol. The number of amides is 2. The molecule has 0 heterocycles. The third-order valence-electron chi connectivity index (χ3n) is 2.45. The highest BCUT2D eigenvalue weighted by Crippen LogP contribution is 2.33. The minimum Gasteiger partial charge on any atom is -0.335 e. The number of hydrogen-bond donors (Lipinski definition) is 2. The van der Waals surface area contributed by atoms with Gasteiger partial charge in [0.2, 0.25) is 0 Å². The SMILES string of the molecule is O=C(Nc1cc(C(F)(F)F)ccc1Cl)NC1CC1. The summed E-state index contributed by atoms with van der Waals surface area (Å²) in [6, 6.07) is 2.37. The number of hydrogen-bond acceptors (Lipinski definition) is 1. The van der Waals surface area contributed by atoms with Crippen molar-refractivity contribution >= 4 is 23.3 Å². The van der Waals surface area contributed by atoms with Crippen LogP contribution < -0.4 is 10.6 Å². The summed E-state index contributed by atoms with van der Waals surface area (Å²) >= 11 is 5.73. The van der Waals surface area contributed by atoms with Crippen molar-refractivity contribution in [1.82, 2.24) is 5.32 Å². The van der Waals surface area contributed by atoms with E-state index in [2.05, 4.69) is 10.6 Å². The number of carbonyl (C=O) groups is 1. The highest BCUT2D eigenvalue weighted by atomic mass is 35.5. The Kier molecular flexibility index (Phi) is 3.38. The maximum Gasteiger partial charge on any atom is 0.416 e. The summed E-state index contributed by atoms with van der Waals surface area (Å²) < 4.78 is 37.5. The molecule has 1 fully saturated rings. The van der Waals surface area contributed by atoms with Gasteiger partial charge in [-0.2, -0.15) is 13.2 Å². The van der Waals surface area contributed by atoms with E-state index >= 15 is 0 Å². The van der Waals surface area contributed by atoms with E-state index in [1.54, 1.807) is 0 Å². The Balaban J connectivity index is 2.12. The largest absolute Gasteiger partial charge is 0.416 e. The van der Waals surface area contributed by atoms with Crippen molar-refractivity contribution in [2.24, 2.45) is 0 Å². The molecule has 0 radical (unpaired) electrons. The molecule has 7 heteroatoms. The van der Waals surface area contributed by atoms with Gasteiger partial charge in [-0.15, -0.1) is 0 Å². The number of carbonyl (C=O) groups excluding carboxylic acids is 1. The molecule has 2 N–H and O–H groups in total. The minimum absolute atomic E-state index is 0.0513. The normalized spacial score (nSPS) is 15.3. The van der Waals surface area contributed by atoms with Crippen LogP contribution in [0.2, 0.25) is 5.02 Å². The van der Waals surface area contributed by atoms with E-state index in [9.17, 15) is 18.0 Å². The quantitative estimate of drug-likeness (QED) is 0.852. The number of nitrogens with one attached hydrogen (secondary N) is 2. The Morgan fingerprint density at radius 2 is 2.00 bits per heavy atom. The van der Waals surface area contributed by atoms with Crippen LogP contribution in [0, 0.1) is 0 Å². The van der Waals surface area contributed by atoms with Crippen molar-refractivity contribution in [3.8, 4) is 0 Å². The summed E-state index contributed by atoms with van der Waals surface area (Å²) in [5.41, 5.74) is -0.904. The molecule has 3 nitrogen and oxygen atoms in total. The number of rotatable bonds is 2. The van der Waals surface area contributed by atoms with Gasteiger partial charge < -0.3 is 10.6 Å². The molecule has 0 atom stereocenters. The molecule has 0 saturated heterocycles. The van der Waals surface area contributed by atoms with Crippen molar-refractivity contribution in [3.63, 3.8) is 0 Å². The van der Waals surface area contributed by atoms with Crippen LogP contribution in [0.15, 0.2) is 18.2 Å². The lowest BCUT2D eigenvalue weighted by atomic mass is 10.2. The van der Waals surface area contributed by atoms with Crippen molar-refractivity contribution in [2.45, 2.75) is 25.1 Å². The molecule has 1 aliphatic carbocycles. The molecule has 1 aromatic rings. The molecule has 1 saturated carbocycles. The Bertz CT molecular complexity index is 472. The number of halogens is 4. The van der Waals surface area contributed by atoms with E-state index in [0.29, 0.717) is 0 Å². The molecule has 18 heavy (non-hydrogen) atoms. The van der Waals surface area contributed by atoms with Gasteiger partial charge in [0, 0.05) is 6.04 Å². The first-order valence-corrected chi connectivity index (χ1v) is 5.68. The van der Waals surface area contributed by atoms with Crippen LogP contribution in [0.4, 0.5) is 23.7 Å². The van der Waals surface area contributed by atoms with Crippen LogP contribution in [0.3, 0.4) is 0 Å². The van der Waals surface area contributed by atoms with E-state index < -0.39 is 17.8 Å². The molecule has 1 aromatic carbocycles. The molecule has 2 amide bonds. The highest BCUT2D eigenvalue weighted by molar-refractivity contribution is 6.33. The van der Waals surface area contributed by atoms with E-state index in [4.69, 9.17) is 11.6 Å². The van der Waals surface area contributed by atoms with Gasteiger partial charge in [-0.05, 0) is 31.0 Å². The number of urea groups is 1. The molecule has 1 aliphatic rings. The molecule has 2 rings (SSSR count). The predicted molar refractivity (Wildman–Crippen MR) is 61.6 cm³/mol. The zero-order valence-corrected chi connectivity index (χ0v) is 9.90. The number of alkyl halides is 3. The lowest BCUT2D eigenvalue weighted by Gasteiger charge is -2.12. The van der Waals surface area contributed by atoms with E-state index in [-0.39, 0.29) is 16.8 Å². The fourth-order valence-corrected chi connectivity index (χ4v) is 1.53. The third-order valence-corrected chi connectivity index (χ3v) is 2.78. The molecule has 0 bridgehead atoms. The lowest BCUT2D eigenvalue weighted by Crippen LogP contribution is -2.30. The van der Waals surface area contributed by atoms with Gasteiger partial charge in [0.25, 0.3) is 0 Å². The molecule has 0 aliphatic heterocycles. The topological polar surface area (TPSA) is 41.1 Å². The fraction of sp³-hybridized carbons (Fsp3) is 0.364. The number of benzene rings is 1. The van der Waals surface area contributed by atoms with Crippen LogP contribution >= 0.6 is 11.6 Å². The van der Waals surface area contributed by atoms with Crippen LogP contribution in [-0.4, -0.2) is 12.1 Å². The van der Waals surface area contributed by atoms with E-state index in [0.717, 1.165) is 31.0 Å². The average Bonchev–Trinajstić information content (AvgIpc) is 3.03. The second-order valence-electron chi connectivity index (χ2n) is 4.07. The Morgan fingerprint density at radius 1 is 1.33 bits per heavy atom. The zero-order valence-electron chi connectivity index (χ0n) is 9.14. The standard InChI is InChI=1S/C11H10ClF3N2O/c12-8-4-1-6(11(13,14)15)5-9(8)17-10(18)16-7-2-3-7/h1,4-5,7H,2-3H2,(H2,16,17,18). The van der Waals surface area contributed by atoms with Gasteiger partial charge in [-0.3, -0.25) is 0 Å². The Hall–Kier alpha value is -1.43. The van der Waals surface area contributed by atoms with Gasteiger partial charge in [0.05, 0.1) is 16.3 Å². The van der Waals surface area contributed by atoms with Gasteiger partial charge in [0.15, 0.2) is 0 Å². The zero-order chi connectivity index (χ0) is 13.3. The lowest BCUT2D eigenvalue weighted by molar-refractivity contribution is -0.137. The smallest absolute Gasteiger partial charge is 0.335 e. The maximum absolute atomic E-state index is 12.5. The highest BCUT2D eigenvalue weighted by Gasteiger charge is 2.31. The monoisotopic (exact) mass is 278 g/mol. The fourth-order valence-electron chi connectivity index (χ4n) is 1.37. The van der Waals surface area contributed by atoms with Crippen LogP contribution in [-0.2, 0) is 6.18 Å². The van der Waals surface area contributed by atoms with E-state index in [1.165, 1.54) is 0 Å². The summed E-state index contributed by atoms with van der Waals surface area (Å²) in [4.78, 5) is 11.4. The van der Waals surface area contributed by atoms with Gasteiger partial charge >= 0.3 is 12.2 Å². The minimum atomic E-state index is -4.46. The first kappa shape index (κ1) is 13.0. The summed E-state index contributed by atoms with van der Waals surface area (Å²) in [5.74, 6) is 0. The van der Waals surface area contributed by atoms with Crippen molar-refractivity contribution in [1.29, 1.82) is 0 Å². The van der Waals surface area contributed by atoms with Crippen molar-refractivity contribution in [3.05, 3.63) is 28.8 Å². The van der Waals surface area contributed by atoms with Gasteiger partial charge in [-0.25, -0.2) is 4.79 Å². The molecular formula is C11H10ClF3N2O. The maximum atomic E-state index is 12.5. The van der Waals surface area contributed by atoms with E-state index in [1.807, 2.05) is 0 Å². The van der Waals surface area contributed by atoms with Crippen LogP contribution in [0.25, 0.3) is 0 Å². The number of anilines is 1. The van der Waals surface area contributed by atoms with Gasteiger partial charge in [-0.1, -0.05) is 11.6 Å². The molecule has 0 unspecified atom stereocenters. The van der Waals surface area contributed by atoms with Crippen molar-refractivity contribution in [2.75, 3.05) is 5.32 Å². The summed E-state index contributed by atoms with van der Waals surface area (Å²) in [6.07, 6.45) is -2.68. The Morgan fingerprint density at radius 3 is 2.56 bits per heavy atom. The first-order chi connectivity index (χ1) is 8.36. The molecule has 0 aromatic heterocycles. The van der Waals surface area contributed by atoms with Crippen LogP contribution in [0.5, 0.6) is 0 Å². The second kappa shape index (κ2) is 4.68. The first-order valence-electron chi connectivity index (χ1n) is 5.30. The molecule has 0 spiro atoms. The Labute approximate surface area is 106 Å². The summed E-state index contributed by atoms with van der Waals surface area (Å²) in [6.45, 7) is 0. The molecular weight excluding hydrogens is 269 g/mol. The van der Waals surface area contributed by atoms with Gasteiger partial charge in [0.1, 0.15) is 0 Å². The summed E-state index contributed by atoms with van der Waals surface area (Å²) in [7, 11) is 0. The molecule has 98 valence electrons.